The Morgan fingerprint density at radius 2 is 2.04 bits per heavy atom. The molecule has 0 saturated carbocycles. The molecule has 0 aliphatic carbocycles. The first-order valence-electron chi connectivity index (χ1n) is 8.21. The Balaban J connectivity index is 1.75. The lowest BCUT2D eigenvalue weighted by atomic mass is 10.1. The van der Waals surface area contributed by atoms with Crippen molar-refractivity contribution in [3.05, 3.63) is 75.1 Å². The molecule has 2 heterocycles. The van der Waals surface area contributed by atoms with Crippen LogP contribution in [0.2, 0.25) is 5.02 Å². The Morgan fingerprint density at radius 3 is 2.82 bits per heavy atom. The quantitative estimate of drug-likeness (QED) is 0.407. The van der Waals surface area contributed by atoms with Crippen molar-refractivity contribution < 1.29 is 13.6 Å². The first kappa shape index (κ1) is 18.6. The van der Waals surface area contributed by atoms with Gasteiger partial charge in [-0.05, 0) is 52.7 Å². The third-order valence-corrected chi connectivity index (χ3v) is 4.95. The molecule has 140 valence electrons. The molecule has 0 fully saturated rings. The topological polar surface area (TPSA) is 68.0 Å². The van der Waals surface area contributed by atoms with Crippen LogP contribution in [0, 0.1) is 12.7 Å². The number of rotatable bonds is 3. The molecule has 0 saturated heterocycles. The van der Waals surface area contributed by atoms with Gasteiger partial charge in [0.05, 0.1) is 10.6 Å². The highest BCUT2D eigenvalue weighted by molar-refractivity contribution is 9.10. The second kappa shape index (κ2) is 7.33. The highest BCUT2D eigenvalue weighted by Gasteiger charge is 2.18. The van der Waals surface area contributed by atoms with Crippen molar-refractivity contribution in [1.82, 2.24) is 9.97 Å². The molecule has 8 heteroatoms. The molecule has 2 aromatic carbocycles. The minimum Gasteiger partial charge on any atom is -0.434 e. The normalized spacial score (nSPS) is 11.0. The van der Waals surface area contributed by atoms with Gasteiger partial charge in [0, 0.05) is 28.0 Å². The van der Waals surface area contributed by atoms with Gasteiger partial charge in [-0.3, -0.25) is 4.79 Å². The average molecular weight is 461 g/mol. The summed E-state index contributed by atoms with van der Waals surface area (Å²) in [5, 5.41) is 3.02. The summed E-state index contributed by atoms with van der Waals surface area (Å²) in [6, 6.07) is 10.9. The number of hydrogen-bond donors (Lipinski definition) is 1. The van der Waals surface area contributed by atoms with E-state index in [-0.39, 0.29) is 5.89 Å². The summed E-state index contributed by atoms with van der Waals surface area (Å²) in [4.78, 5) is 21.0. The third-order valence-electron chi connectivity index (χ3n) is 4.18. The van der Waals surface area contributed by atoms with Gasteiger partial charge in [0.1, 0.15) is 5.82 Å². The van der Waals surface area contributed by atoms with Crippen LogP contribution in [0.5, 0.6) is 0 Å². The fourth-order valence-electron chi connectivity index (χ4n) is 2.78. The van der Waals surface area contributed by atoms with Crippen LogP contribution in [0.15, 0.2) is 57.6 Å². The number of amides is 1. The second-order valence-corrected chi connectivity index (χ2v) is 7.38. The first-order chi connectivity index (χ1) is 13.4. The number of carbonyl (C=O) groups excluding carboxylic acids is 1. The van der Waals surface area contributed by atoms with Gasteiger partial charge < -0.3 is 9.73 Å². The Labute approximate surface area is 172 Å². The highest BCUT2D eigenvalue weighted by atomic mass is 79.9. The van der Waals surface area contributed by atoms with Gasteiger partial charge in [0.15, 0.2) is 11.2 Å². The number of fused-ring (bicyclic) bond motifs is 1. The van der Waals surface area contributed by atoms with Crippen molar-refractivity contribution in [2.45, 2.75) is 6.92 Å². The van der Waals surface area contributed by atoms with E-state index in [0.717, 1.165) is 4.47 Å². The van der Waals surface area contributed by atoms with E-state index in [1.807, 2.05) is 0 Å². The number of aromatic nitrogens is 2. The molecule has 0 aliphatic rings. The molecule has 4 rings (SSSR count). The fourth-order valence-corrected chi connectivity index (χ4v) is 3.31. The lowest BCUT2D eigenvalue weighted by Crippen LogP contribution is -2.13. The first-order valence-corrected chi connectivity index (χ1v) is 9.38. The van der Waals surface area contributed by atoms with Gasteiger partial charge >= 0.3 is 0 Å². The van der Waals surface area contributed by atoms with E-state index in [1.54, 1.807) is 43.5 Å². The van der Waals surface area contributed by atoms with Crippen LogP contribution >= 0.6 is 27.5 Å². The van der Waals surface area contributed by atoms with Crippen LogP contribution in [-0.4, -0.2) is 15.9 Å². The van der Waals surface area contributed by atoms with Crippen LogP contribution in [0.1, 0.15) is 15.9 Å². The van der Waals surface area contributed by atoms with E-state index >= 15 is 0 Å². The van der Waals surface area contributed by atoms with E-state index in [2.05, 4.69) is 31.2 Å². The zero-order valence-electron chi connectivity index (χ0n) is 14.5. The van der Waals surface area contributed by atoms with E-state index in [9.17, 15) is 9.18 Å². The number of oxazole rings is 1. The largest absolute Gasteiger partial charge is 0.434 e. The van der Waals surface area contributed by atoms with Crippen molar-refractivity contribution in [2.24, 2.45) is 0 Å². The Morgan fingerprint density at radius 1 is 1.25 bits per heavy atom. The van der Waals surface area contributed by atoms with Gasteiger partial charge in [-0.1, -0.05) is 23.7 Å². The summed E-state index contributed by atoms with van der Waals surface area (Å²) < 4.78 is 20.7. The zero-order chi connectivity index (χ0) is 19.8. The highest BCUT2D eigenvalue weighted by Crippen LogP contribution is 2.32. The van der Waals surface area contributed by atoms with Gasteiger partial charge in [-0.2, -0.15) is 4.98 Å². The Kier molecular flexibility index (Phi) is 4.87. The third kappa shape index (κ3) is 3.50. The van der Waals surface area contributed by atoms with Gasteiger partial charge in [-0.15, -0.1) is 0 Å². The summed E-state index contributed by atoms with van der Waals surface area (Å²) in [5.41, 5.74) is 2.50. The van der Waals surface area contributed by atoms with Gasteiger partial charge in [0.2, 0.25) is 5.89 Å². The molecule has 0 atom stereocenters. The minimum absolute atomic E-state index is 0.214. The van der Waals surface area contributed by atoms with E-state index in [4.69, 9.17) is 16.0 Å². The number of pyridine rings is 1. The molecule has 1 N–H and O–H groups in total. The molecular formula is C20H12BrClFN3O2. The van der Waals surface area contributed by atoms with E-state index in [1.165, 1.54) is 12.1 Å². The van der Waals surface area contributed by atoms with Gasteiger partial charge in [-0.25, -0.2) is 9.37 Å². The molecular weight excluding hydrogens is 449 g/mol. The Bertz CT molecular complexity index is 1230. The summed E-state index contributed by atoms with van der Waals surface area (Å²) in [5.74, 6) is -0.759. The summed E-state index contributed by atoms with van der Waals surface area (Å²) in [6.45, 7) is 1.75. The molecule has 0 spiro atoms. The van der Waals surface area contributed by atoms with Crippen molar-refractivity contribution in [1.29, 1.82) is 0 Å². The van der Waals surface area contributed by atoms with Crippen LogP contribution < -0.4 is 5.32 Å². The predicted molar refractivity (Wildman–Crippen MR) is 109 cm³/mol. The smallest absolute Gasteiger partial charge is 0.257 e. The van der Waals surface area contributed by atoms with Crippen molar-refractivity contribution >= 4 is 50.4 Å². The number of benzene rings is 2. The van der Waals surface area contributed by atoms with Crippen molar-refractivity contribution in [3.63, 3.8) is 0 Å². The number of nitrogens with zero attached hydrogens (tertiary/aromatic N) is 2. The van der Waals surface area contributed by atoms with Crippen molar-refractivity contribution in [3.8, 4) is 11.5 Å². The minimum atomic E-state index is -0.536. The number of anilines is 1. The lowest BCUT2D eigenvalue weighted by molar-refractivity contribution is 0.102. The molecule has 5 nitrogen and oxygen atoms in total. The molecule has 2 aromatic heterocycles. The molecule has 0 bridgehead atoms. The number of hydrogen-bond acceptors (Lipinski definition) is 4. The monoisotopic (exact) mass is 459 g/mol. The average Bonchev–Trinajstić information content (AvgIpc) is 3.07. The molecule has 1 amide bonds. The summed E-state index contributed by atoms with van der Waals surface area (Å²) in [6.07, 6.45) is 1.60. The van der Waals surface area contributed by atoms with Crippen LogP contribution in [-0.2, 0) is 0 Å². The van der Waals surface area contributed by atoms with E-state index < -0.39 is 11.7 Å². The molecule has 28 heavy (non-hydrogen) atoms. The maximum Gasteiger partial charge on any atom is 0.257 e. The predicted octanol–water partition coefficient (Wildman–Crippen LogP) is 6.01. The fraction of sp³-hybridized carbons (Fsp3) is 0.0500. The molecule has 4 aromatic rings. The van der Waals surface area contributed by atoms with Crippen LogP contribution in [0.4, 0.5) is 10.1 Å². The number of nitrogens with one attached hydrogen (secondary N) is 1. The lowest BCUT2D eigenvalue weighted by Gasteiger charge is -2.12. The molecule has 0 aliphatic heterocycles. The van der Waals surface area contributed by atoms with Crippen molar-refractivity contribution in [2.75, 3.05) is 5.32 Å². The molecule has 0 unspecified atom stereocenters. The molecule has 0 radical (unpaired) electrons. The van der Waals surface area contributed by atoms with E-state index in [0.29, 0.717) is 38.6 Å². The SMILES string of the molecule is Cc1c(NC(=O)c2ccccc2Cl)cc(F)cc1-c1nc2ncc(Br)cc2o1. The zero-order valence-corrected chi connectivity index (χ0v) is 16.8. The summed E-state index contributed by atoms with van der Waals surface area (Å²) >= 11 is 9.39. The maximum absolute atomic E-state index is 14.3. The second-order valence-electron chi connectivity index (χ2n) is 6.05. The number of carbonyl (C=O) groups is 1. The standard InChI is InChI=1S/C20H12BrClFN3O2/c1-10-14(20-26-18-17(28-20)6-11(21)9-24-18)7-12(23)8-16(10)25-19(27)13-4-2-3-5-15(13)22/h2-9H,1H3,(H,25,27). The van der Waals surface area contributed by atoms with Gasteiger partial charge in [0.25, 0.3) is 5.91 Å². The number of halogens is 3. The Hall–Kier alpha value is -2.77. The maximum atomic E-state index is 14.3. The van der Waals surface area contributed by atoms with Crippen LogP contribution in [0.25, 0.3) is 22.7 Å². The van der Waals surface area contributed by atoms with Crippen LogP contribution in [0.3, 0.4) is 0 Å². The summed E-state index contributed by atoms with van der Waals surface area (Å²) in [7, 11) is 0.